The van der Waals surface area contributed by atoms with Gasteiger partial charge in [0.25, 0.3) is 5.56 Å². The number of hydrogen-bond acceptors (Lipinski definition) is 7. The van der Waals surface area contributed by atoms with Crippen LogP contribution in [0.5, 0.6) is 0 Å². The van der Waals surface area contributed by atoms with Crippen LogP contribution in [0.25, 0.3) is 0 Å². The fraction of sp³-hybridized carbons (Fsp3) is 0.350. The van der Waals surface area contributed by atoms with Crippen molar-refractivity contribution in [3.63, 3.8) is 0 Å². The van der Waals surface area contributed by atoms with Crippen molar-refractivity contribution in [1.29, 1.82) is 0 Å². The highest BCUT2D eigenvalue weighted by Gasteiger charge is 2.35. The van der Waals surface area contributed by atoms with Crippen molar-refractivity contribution in [3.05, 3.63) is 62.3 Å². The first-order chi connectivity index (χ1) is 14.3. The Kier molecular flexibility index (Phi) is 6.14. The van der Waals surface area contributed by atoms with Crippen LogP contribution in [-0.4, -0.2) is 51.8 Å². The standard InChI is InChI=1S/C20H22N4O6/c1-23-17(21)16(18(27)22-20(23)29)14(25)11-30-19(28)13-9-15(26)24(10-13)8-7-12-5-3-2-4-6-12/h2-6,13H,7-11,21H2,1H3,(H,22,27,29)/t13-/m0/s1. The van der Waals surface area contributed by atoms with Crippen LogP contribution in [0, 0.1) is 5.92 Å². The zero-order valence-electron chi connectivity index (χ0n) is 16.4. The maximum absolute atomic E-state index is 12.3. The van der Waals surface area contributed by atoms with Gasteiger partial charge in [0.15, 0.2) is 6.61 Å². The summed E-state index contributed by atoms with van der Waals surface area (Å²) >= 11 is 0. The van der Waals surface area contributed by atoms with Gasteiger partial charge < -0.3 is 15.4 Å². The number of benzene rings is 1. The molecule has 1 atom stereocenters. The van der Waals surface area contributed by atoms with E-state index >= 15 is 0 Å². The number of Topliss-reactive ketones (excluding diaryl/α,β-unsaturated/α-hetero) is 1. The molecule has 1 aromatic carbocycles. The number of aromatic nitrogens is 2. The highest BCUT2D eigenvalue weighted by molar-refractivity contribution is 6.01. The second kappa shape index (κ2) is 8.76. The highest BCUT2D eigenvalue weighted by atomic mass is 16.5. The monoisotopic (exact) mass is 414 g/mol. The molecule has 1 aromatic heterocycles. The fourth-order valence-corrected chi connectivity index (χ4v) is 3.29. The lowest BCUT2D eigenvalue weighted by Gasteiger charge is -2.16. The van der Waals surface area contributed by atoms with Crippen molar-refractivity contribution in [2.45, 2.75) is 12.8 Å². The molecule has 2 heterocycles. The Bertz CT molecular complexity index is 1090. The third kappa shape index (κ3) is 4.48. The molecule has 1 aliphatic heterocycles. The second-order valence-corrected chi connectivity index (χ2v) is 7.09. The van der Waals surface area contributed by atoms with Crippen molar-refractivity contribution in [2.75, 3.05) is 25.4 Å². The number of nitrogen functional groups attached to an aromatic ring is 1. The highest BCUT2D eigenvalue weighted by Crippen LogP contribution is 2.20. The normalized spacial score (nSPS) is 16.0. The summed E-state index contributed by atoms with van der Waals surface area (Å²) in [6.07, 6.45) is 0.673. The smallest absolute Gasteiger partial charge is 0.329 e. The molecule has 1 aliphatic rings. The summed E-state index contributed by atoms with van der Waals surface area (Å²) < 4.78 is 5.93. The van der Waals surface area contributed by atoms with Gasteiger partial charge in [-0.15, -0.1) is 0 Å². The number of H-pyrrole nitrogens is 1. The summed E-state index contributed by atoms with van der Waals surface area (Å²) in [6, 6.07) is 9.67. The van der Waals surface area contributed by atoms with Crippen molar-refractivity contribution in [1.82, 2.24) is 14.5 Å². The van der Waals surface area contributed by atoms with E-state index in [1.165, 1.54) is 7.05 Å². The molecular weight excluding hydrogens is 392 g/mol. The number of likely N-dealkylation sites (tertiary alicyclic amines) is 1. The number of aromatic amines is 1. The molecule has 3 rings (SSSR count). The van der Waals surface area contributed by atoms with Gasteiger partial charge >= 0.3 is 11.7 Å². The maximum Gasteiger partial charge on any atom is 0.329 e. The Balaban J connectivity index is 1.56. The van der Waals surface area contributed by atoms with Crippen molar-refractivity contribution < 1.29 is 19.1 Å². The van der Waals surface area contributed by atoms with Gasteiger partial charge in [-0.25, -0.2) is 4.79 Å². The van der Waals surface area contributed by atoms with E-state index in [2.05, 4.69) is 0 Å². The van der Waals surface area contributed by atoms with Crippen LogP contribution in [0.2, 0.25) is 0 Å². The van der Waals surface area contributed by atoms with Crippen LogP contribution in [0.3, 0.4) is 0 Å². The van der Waals surface area contributed by atoms with E-state index in [-0.39, 0.29) is 24.7 Å². The summed E-state index contributed by atoms with van der Waals surface area (Å²) in [5, 5.41) is 0. The number of hydrogen-bond donors (Lipinski definition) is 2. The Morgan fingerprint density at radius 3 is 2.60 bits per heavy atom. The minimum atomic E-state index is -0.945. The van der Waals surface area contributed by atoms with Crippen LogP contribution in [0.15, 0.2) is 39.9 Å². The van der Waals surface area contributed by atoms with E-state index in [0.717, 1.165) is 10.1 Å². The van der Waals surface area contributed by atoms with Gasteiger partial charge in [0.1, 0.15) is 11.4 Å². The van der Waals surface area contributed by atoms with Crippen LogP contribution in [0.4, 0.5) is 5.82 Å². The average Bonchev–Trinajstić information content (AvgIpc) is 3.10. The van der Waals surface area contributed by atoms with E-state index in [1.54, 1.807) is 4.90 Å². The molecular formula is C20H22N4O6. The molecule has 30 heavy (non-hydrogen) atoms. The van der Waals surface area contributed by atoms with Gasteiger partial charge in [-0.1, -0.05) is 30.3 Å². The second-order valence-electron chi connectivity index (χ2n) is 7.09. The quantitative estimate of drug-likeness (QED) is 0.458. The molecule has 1 saturated heterocycles. The Labute approximate surface area is 171 Å². The number of nitrogens with zero attached hydrogens (tertiary/aromatic N) is 2. The average molecular weight is 414 g/mol. The lowest BCUT2D eigenvalue weighted by atomic mass is 10.1. The molecule has 1 amide bonds. The Hall–Kier alpha value is -3.69. The summed E-state index contributed by atoms with van der Waals surface area (Å²) in [7, 11) is 1.30. The van der Waals surface area contributed by atoms with Gasteiger partial charge in [0.2, 0.25) is 11.7 Å². The molecule has 0 bridgehead atoms. The number of nitrogens with two attached hydrogens (primary N) is 1. The topological polar surface area (TPSA) is 145 Å². The third-order valence-electron chi connectivity index (χ3n) is 5.06. The van der Waals surface area contributed by atoms with Crippen molar-refractivity contribution >= 4 is 23.5 Å². The van der Waals surface area contributed by atoms with E-state index in [0.29, 0.717) is 13.0 Å². The number of amides is 1. The van der Waals surface area contributed by atoms with Crippen LogP contribution < -0.4 is 17.0 Å². The third-order valence-corrected chi connectivity index (χ3v) is 5.06. The first kappa shape index (κ1) is 21.0. The molecule has 158 valence electrons. The number of ether oxygens (including phenoxy) is 1. The number of esters is 1. The summed E-state index contributed by atoms with van der Waals surface area (Å²) in [4.78, 5) is 63.7. The van der Waals surface area contributed by atoms with E-state index < -0.39 is 41.1 Å². The summed E-state index contributed by atoms with van der Waals surface area (Å²) in [5.41, 5.74) is 4.60. The molecule has 10 nitrogen and oxygen atoms in total. The molecule has 0 unspecified atom stereocenters. The largest absolute Gasteiger partial charge is 0.457 e. The predicted octanol–water partition coefficient (Wildman–Crippen LogP) is -0.527. The fourth-order valence-electron chi connectivity index (χ4n) is 3.29. The van der Waals surface area contributed by atoms with E-state index in [9.17, 15) is 24.0 Å². The van der Waals surface area contributed by atoms with E-state index in [1.807, 2.05) is 35.3 Å². The minimum Gasteiger partial charge on any atom is -0.457 e. The van der Waals surface area contributed by atoms with Crippen molar-refractivity contribution in [2.24, 2.45) is 13.0 Å². The first-order valence-corrected chi connectivity index (χ1v) is 9.38. The minimum absolute atomic E-state index is 0.00434. The molecule has 0 radical (unpaired) electrons. The van der Waals surface area contributed by atoms with Crippen LogP contribution in [0.1, 0.15) is 22.3 Å². The van der Waals surface area contributed by atoms with Gasteiger partial charge in [-0.2, -0.15) is 0 Å². The molecule has 1 fully saturated rings. The van der Waals surface area contributed by atoms with Gasteiger partial charge in [-0.05, 0) is 12.0 Å². The molecule has 2 aromatic rings. The maximum atomic E-state index is 12.3. The van der Waals surface area contributed by atoms with Gasteiger partial charge in [0, 0.05) is 26.6 Å². The number of rotatable bonds is 7. The number of anilines is 1. The SMILES string of the molecule is Cn1c(N)c(C(=O)COC(=O)[C@H]2CC(=O)N(CCc3ccccc3)C2)c(=O)[nH]c1=O. The summed E-state index contributed by atoms with van der Waals surface area (Å²) in [5.74, 6) is -2.68. The van der Waals surface area contributed by atoms with Crippen LogP contribution in [-0.2, 0) is 27.8 Å². The number of nitrogens with one attached hydrogen (secondary N) is 1. The zero-order chi connectivity index (χ0) is 21.8. The van der Waals surface area contributed by atoms with Crippen molar-refractivity contribution in [3.8, 4) is 0 Å². The zero-order valence-corrected chi connectivity index (χ0v) is 16.4. The number of carbonyl (C=O) groups is 3. The molecule has 0 aliphatic carbocycles. The van der Waals surface area contributed by atoms with Gasteiger partial charge in [-0.3, -0.25) is 28.7 Å². The Morgan fingerprint density at radius 1 is 1.20 bits per heavy atom. The lowest BCUT2D eigenvalue weighted by molar-refractivity contribution is -0.147. The summed E-state index contributed by atoms with van der Waals surface area (Å²) in [6.45, 7) is -0.0181. The van der Waals surface area contributed by atoms with Crippen LogP contribution >= 0.6 is 0 Å². The molecule has 10 heteroatoms. The van der Waals surface area contributed by atoms with Gasteiger partial charge in [0.05, 0.1) is 5.92 Å². The predicted molar refractivity (Wildman–Crippen MR) is 107 cm³/mol. The molecule has 0 spiro atoms. The number of ketones is 1. The first-order valence-electron chi connectivity index (χ1n) is 9.38. The number of carbonyl (C=O) groups excluding carboxylic acids is 3. The Morgan fingerprint density at radius 2 is 1.90 bits per heavy atom. The molecule has 0 saturated carbocycles. The molecule has 3 N–H and O–H groups in total. The van der Waals surface area contributed by atoms with E-state index in [4.69, 9.17) is 10.5 Å². The lowest BCUT2D eigenvalue weighted by Crippen LogP contribution is -2.36.